The lowest BCUT2D eigenvalue weighted by Crippen LogP contribution is -2.29. The number of fused-ring (bicyclic) bond motifs is 1. The number of aryl methyl sites for hydroxylation is 2. The standard InChI is InChI=1S/C20H23N5O/c1-14-17-12-15(13-21-19(17)24(2)23-14)20(26)25-11-7-6-10-18(25)22-16-8-4-3-5-9-16/h6-7,10-13,16H,3-5,8-9H2,1-2H3. The molecule has 0 saturated heterocycles. The third-order valence-electron chi connectivity index (χ3n) is 5.06. The van der Waals surface area contributed by atoms with Crippen molar-refractivity contribution in [3.63, 3.8) is 0 Å². The van der Waals surface area contributed by atoms with E-state index in [0.29, 0.717) is 17.1 Å². The summed E-state index contributed by atoms with van der Waals surface area (Å²) in [5.74, 6) is -0.113. The molecule has 6 heteroatoms. The molecule has 3 aromatic heterocycles. The molecule has 0 aromatic carbocycles. The summed E-state index contributed by atoms with van der Waals surface area (Å²) >= 11 is 0. The molecule has 1 aliphatic rings. The van der Waals surface area contributed by atoms with Gasteiger partial charge in [-0.1, -0.05) is 25.3 Å². The third kappa shape index (κ3) is 3.07. The van der Waals surface area contributed by atoms with Crippen LogP contribution in [0.2, 0.25) is 0 Å². The van der Waals surface area contributed by atoms with Crippen molar-refractivity contribution in [3.05, 3.63) is 53.4 Å². The molecule has 0 radical (unpaired) electrons. The van der Waals surface area contributed by atoms with Crippen LogP contribution in [0.15, 0.2) is 41.7 Å². The lowest BCUT2D eigenvalue weighted by molar-refractivity contribution is 0.0954. The first-order valence-corrected chi connectivity index (χ1v) is 9.19. The first-order chi connectivity index (χ1) is 12.6. The van der Waals surface area contributed by atoms with Crippen LogP contribution in [0.1, 0.15) is 48.2 Å². The molecule has 0 spiro atoms. The average molecular weight is 349 g/mol. The fraction of sp³-hybridized carbons (Fsp3) is 0.400. The second kappa shape index (κ2) is 6.86. The number of carbonyl (C=O) groups is 1. The first-order valence-electron chi connectivity index (χ1n) is 9.19. The third-order valence-corrected chi connectivity index (χ3v) is 5.06. The molecule has 0 N–H and O–H groups in total. The quantitative estimate of drug-likeness (QED) is 0.714. The number of aromatic nitrogens is 4. The predicted molar refractivity (Wildman–Crippen MR) is 99.8 cm³/mol. The van der Waals surface area contributed by atoms with Crippen LogP contribution in [0.4, 0.5) is 0 Å². The normalized spacial score (nSPS) is 16.3. The molecule has 0 aliphatic heterocycles. The second-order valence-corrected chi connectivity index (χ2v) is 6.96. The Kier molecular flexibility index (Phi) is 4.41. The van der Waals surface area contributed by atoms with Gasteiger partial charge in [-0.15, -0.1) is 0 Å². The van der Waals surface area contributed by atoms with Gasteiger partial charge < -0.3 is 0 Å². The smallest absolute Gasteiger partial charge is 0.265 e. The fourth-order valence-electron chi connectivity index (χ4n) is 3.67. The Hall–Kier alpha value is -2.76. The molecule has 0 atom stereocenters. The Morgan fingerprint density at radius 3 is 2.85 bits per heavy atom. The van der Waals surface area contributed by atoms with Crippen LogP contribution in [0, 0.1) is 6.92 Å². The summed E-state index contributed by atoms with van der Waals surface area (Å²) in [4.78, 5) is 22.4. The van der Waals surface area contributed by atoms with Crippen molar-refractivity contribution in [3.8, 4) is 0 Å². The highest BCUT2D eigenvalue weighted by molar-refractivity contribution is 5.98. The summed E-state index contributed by atoms with van der Waals surface area (Å²) < 4.78 is 3.36. The van der Waals surface area contributed by atoms with Crippen LogP contribution in [-0.4, -0.2) is 31.3 Å². The maximum Gasteiger partial charge on any atom is 0.265 e. The molecule has 1 aliphatic carbocycles. The monoisotopic (exact) mass is 349 g/mol. The Morgan fingerprint density at radius 1 is 1.23 bits per heavy atom. The molecule has 26 heavy (non-hydrogen) atoms. The first kappa shape index (κ1) is 16.7. The molecule has 0 bridgehead atoms. The highest BCUT2D eigenvalue weighted by Crippen LogP contribution is 2.20. The van der Waals surface area contributed by atoms with E-state index in [4.69, 9.17) is 4.99 Å². The zero-order valence-corrected chi connectivity index (χ0v) is 15.2. The Balaban J connectivity index is 1.75. The van der Waals surface area contributed by atoms with Gasteiger partial charge in [0.2, 0.25) is 0 Å². The highest BCUT2D eigenvalue weighted by Gasteiger charge is 2.15. The lowest BCUT2D eigenvalue weighted by atomic mass is 9.96. The minimum Gasteiger partial charge on any atom is -0.268 e. The molecule has 3 aromatic rings. The maximum atomic E-state index is 13.1. The van der Waals surface area contributed by atoms with Crippen molar-refractivity contribution < 1.29 is 4.79 Å². The summed E-state index contributed by atoms with van der Waals surface area (Å²) in [6, 6.07) is 7.88. The van der Waals surface area contributed by atoms with Gasteiger partial charge in [0.25, 0.3) is 5.91 Å². The summed E-state index contributed by atoms with van der Waals surface area (Å²) in [6.07, 6.45) is 9.33. The Morgan fingerprint density at radius 2 is 2.04 bits per heavy atom. The largest absolute Gasteiger partial charge is 0.268 e. The van der Waals surface area contributed by atoms with Gasteiger partial charge >= 0.3 is 0 Å². The summed E-state index contributed by atoms with van der Waals surface area (Å²) in [7, 11) is 1.86. The van der Waals surface area contributed by atoms with E-state index in [1.165, 1.54) is 19.3 Å². The summed E-state index contributed by atoms with van der Waals surface area (Å²) in [6.45, 7) is 1.93. The zero-order chi connectivity index (χ0) is 18.1. The second-order valence-electron chi connectivity index (χ2n) is 6.96. The van der Waals surface area contributed by atoms with Crippen molar-refractivity contribution >= 4 is 16.9 Å². The van der Waals surface area contributed by atoms with Gasteiger partial charge in [-0.25, -0.2) is 4.98 Å². The van der Waals surface area contributed by atoms with Crippen molar-refractivity contribution in [2.75, 3.05) is 0 Å². The van der Waals surface area contributed by atoms with Crippen LogP contribution in [-0.2, 0) is 7.05 Å². The molecule has 0 amide bonds. The molecular formula is C20H23N5O. The van der Waals surface area contributed by atoms with Crippen molar-refractivity contribution in [2.24, 2.45) is 12.0 Å². The van der Waals surface area contributed by atoms with E-state index >= 15 is 0 Å². The molecule has 1 saturated carbocycles. The average Bonchev–Trinajstić information content (AvgIpc) is 2.96. The zero-order valence-electron chi connectivity index (χ0n) is 15.2. The van der Waals surface area contributed by atoms with E-state index in [1.807, 2.05) is 38.2 Å². The van der Waals surface area contributed by atoms with Gasteiger partial charge in [-0.2, -0.15) is 5.10 Å². The summed E-state index contributed by atoms with van der Waals surface area (Å²) in [5.41, 5.74) is 2.91. The van der Waals surface area contributed by atoms with Gasteiger partial charge in [0.1, 0.15) is 5.49 Å². The van der Waals surface area contributed by atoms with Crippen LogP contribution in [0.25, 0.3) is 11.0 Å². The molecule has 0 unspecified atom stereocenters. The minimum atomic E-state index is -0.113. The van der Waals surface area contributed by atoms with Gasteiger partial charge in [0.05, 0.1) is 17.3 Å². The van der Waals surface area contributed by atoms with Crippen molar-refractivity contribution in [2.45, 2.75) is 45.1 Å². The summed E-state index contributed by atoms with van der Waals surface area (Å²) in [5, 5.41) is 5.28. The van der Waals surface area contributed by atoms with E-state index in [-0.39, 0.29) is 5.91 Å². The molecule has 3 heterocycles. The van der Waals surface area contributed by atoms with E-state index in [0.717, 1.165) is 29.6 Å². The van der Waals surface area contributed by atoms with Crippen LogP contribution in [0.5, 0.6) is 0 Å². The van der Waals surface area contributed by atoms with E-state index in [2.05, 4.69) is 10.1 Å². The number of pyridine rings is 2. The SMILES string of the molecule is Cc1nn(C)c2ncc(C(=O)n3ccccc3=NC3CCCCC3)cc12. The maximum absolute atomic E-state index is 13.1. The Labute approximate surface area is 152 Å². The molecule has 134 valence electrons. The van der Waals surface area contributed by atoms with E-state index in [1.54, 1.807) is 21.6 Å². The van der Waals surface area contributed by atoms with Gasteiger partial charge in [0, 0.05) is 24.8 Å². The number of hydrogen-bond donors (Lipinski definition) is 0. The van der Waals surface area contributed by atoms with E-state index in [9.17, 15) is 4.79 Å². The van der Waals surface area contributed by atoms with Crippen molar-refractivity contribution in [1.82, 2.24) is 19.3 Å². The van der Waals surface area contributed by atoms with Crippen LogP contribution >= 0.6 is 0 Å². The van der Waals surface area contributed by atoms with Gasteiger partial charge in [-0.05, 0) is 38.0 Å². The predicted octanol–water partition coefficient (Wildman–Crippen LogP) is 3.00. The topological polar surface area (TPSA) is 65.1 Å². The van der Waals surface area contributed by atoms with Crippen LogP contribution < -0.4 is 5.49 Å². The number of carbonyl (C=O) groups excluding carboxylic acids is 1. The minimum absolute atomic E-state index is 0.113. The molecule has 1 fully saturated rings. The lowest BCUT2D eigenvalue weighted by Gasteiger charge is -2.17. The Bertz CT molecular complexity index is 1020. The number of hydrogen-bond acceptors (Lipinski definition) is 4. The molecular weight excluding hydrogens is 326 g/mol. The highest BCUT2D eigenvalue weighted by atomic mass is 16.2. The number of rotatable bonds is 2. The fourth-order valence-corrected chi connectivity index (χ4v) is 3.67. The molecule has 4 rings (SSSR count). The molecule has 6 nitrogen and oxygen atoms in total. The van der Waals surface area contributed by atoms with Gasteiger partial charge in [0.15, 0.2) is 5.65 Å². The number of nitrogens with zero attached hydrogens (tertiary/aromatic N) is 5. The van der Waals surface area contributed by atoms with Gasteiger partial charge in [-0.3, -0.25) is 19.0 Å². The van der Waals surface area contributed by atoms with Crippen LogP contribution in [0.3, 0.4) is 0 Å². The van der Waals surface area contributed by atoms with E-state index < -0.39 is 0 Å². The van der Waals surface area contributed by atoms with Crippen molar-refractivity contribution in [1.29, 1.82) is 0 Å².